The van der Waals surface area contributed by atoms with Crippen molar-refractivity contribution in [3.8, 4) is 0 Å². The Morgan fingerprint density at radius 2 is 1.77 bits per heavy atom. The molecule has 0 saturated carbocycles. The van der Waals surface area contributed by atoms with Gasteiger partial charge in [0.1, 0.15) is 0 Å². The zero-order valence-electron chi connectivity index (χ0n) is 9.40. The number of unbranched alkanes of at least 4 members (excludes halogenated alkanes) is 3. The van der Waals surface area contributed by atoms with E-state index in [1.807, 2.05) is 0 Å². The fourth-order valence-corrected chi connectivity index (χ4v) is 4.79. The van der Waals surface area contributed by atoms with E-state index in [1.165, 1.54) is 32.1 Å². The average Bonchev–Trinajstić information content (AvgIpc) is 1.94. The lowest BCUT2D eigenvalue weighted by Crippen LogP contribution is -2.29. The molecule has 0 rings (SSSR count). The maximum absolute atomic E-state index is 5.94. The fraction of sp³-hybridized carbons (Fsp3) is 1.00. The van der Waals surface area contributed by atoms with E-state index in [0.717, 1.165) is 0 Å². The van der Waals surface area contributed by atoms with Crippen LogP contribution in [-0.4, -0.2) is 12.4 Å². The lowest BCUT2D eigenvalue weighted by Gasteiger charge is -2.22. The zero-order chi connectivity index (χ0) is 10.3. The highest BCUT2D eigenvalue weighted by molar-refractivity contribution is 14.1. The van der Waals surface area contributed by atoms with E-state index >= 15 is 0 Å². The van der Waals surface area contributed by atoms with Gasteiger partial charge in [0.2, 0.25) is 0 Å². The molecule has 1 unspecified atom stereocenters. The van der Waals surface area contributed by atoms with Gasteiger partial charge in [-0.05, 0) is 26.1 Å². The SMILES string of the molecule is CCCCCCC(I)O[Si](C)(C)C. The van der Waals surface area contributed by atoms with Crippen LogP contribution in [0.4, 0.5) is 0 Å². The second-order valence-corrected chi connectivity index (χ2v) is 10.3. The van der Waals surface area contributed by atoms with Gasteiger partial charge in [-0.15, -0.1) is 0 Å². The summed E-state index contributed by atoms with van der Waals surface area (Å²) in [6, 6.07) is 0. The van der Waals surface area contributed by atoms with Gasteiger partial charge in [0.25, 0.3) is 0 Å². The van der Waals surface area contributed by atoms with Crippen molar-refractivity contribution in [1.29, 1.82) is 0 Å². The quantitative estimate of drug-likeness (QED) is 0.289. The summed E-state index contributed by atoms with van der Waals surface area (Å²) in [5.41, 5.74) is 0. The molecule has 0 aromatic carbocycles. The fourth-order valence-electron chi connectivity index (χ4n) is 1.17. The van der Waals surface area contributed by atoms with Crippen LogP contribution in [0.1, 0.15) is 39.0 Å². The highest BCUT2D eigenvalue weighted by atomic mass is 127. The lowest BCUT2D eigenvalue weighted by molar-refractivity contribution is 0.280. The van der Waals surface area contributed by atoms with E-state index in [-0.39, 0.29) is 0 Å². The van der Waals surface area contributed by atoms with Gasteiger partial charge in [0, 0.05) is 0 Å². The molecule has 0 spiro atoms. The molecule has 1 atom stereocenters. The van der Waals surface area contributed by atoms with Gasteiger partial charge < -0.3 is 4.43 Å². The van der Waals surface area contributed by atoms with E-state index in [0.29, 0.717) is 4.11 Å². The van der Waals surface area contributed by atoms with Gasteiger partial charge in [-0.2, -0.15) is 0 Å². The molecule has 0 radical (unpaired) electrons. The summed E-state index contributed by atoms with van der Waals surface area (Å²) in [4.78, 5) is 0. The average molecular weight is 314 g/mol. The largest absolute Gasteiger partial charge is 0.406 e. The number of rotatable bonds is 7. The molecule has 0 aliphatic heterocycles. The second kappa shape index (κ2) is 7.23. The minimum absolute atomic E-state index is 0.445. The molecule has 0 aromatic rings. The molecule has 0 aromatic heterocycles. The first kappa shape index (κ1) is 13.9. The molecule has 80 valence electrons. The zero-order valence-corrected chi connectivity index (χ0v) is 12.6. The molecule has 13 heavy (non-hydrogen) atoms. The minimum atomic E-state index is -1.30. The number of hydrogen-bond acceptors (Lipinski definition) is 1. The van der Waals surface area contributed by atoms with Crippen LogP contribution < -0.4 is 0 Å². The molecular weight excluding hydrogens is 291 g/mol. The van der Waals surface area contributed by atoms with E-state index < -0.39 is 8.32 Å². The summed E-state index contributed by atoms with van der Waals surface area (Å²) in [6.45, 7) is 9.01. The molecule has 0 amide bonds. The van der Waals surface area contributed by atoms with Crippen molar-refractivity contribution in [1.82, 2.24) is 0 Å². The first-order valence-electron chi connectivity index (χ1n) is 5.27. The maximum atomic E-state index is 5.94. The Labute approximate surface area is 97.9 Å². The summed E-state index contributed by atoms with van der Waals surface area (Å²) in [5.74, 6) is 0. The third-order valence-electron chi connectivity index (χ3n) is 1.77. The highest BCUT2D eigenvalue weighted by Gasteiger charge is 2.18. The van der Waals surface area contributed by atoms with Crippen molar-refractivity contribution in [3.05, 3.63) is 0 Å². The summed E-state index contributed by atoms with van der Waals surface area (Å²) < 4.78 is 6.39. The van der Waals surface area contributed by atoms with Crippen molar-refractivity contribution in [3.63, 3.8) is 0 Å². The summed E-state index contributed by atoms with van der Waals surface area (Å²) in [6.07, 6.45) is 6.61. The van der Waals surface area contributed by atoms with Crippen molar-refractivity contribution in [2.45, 2.75) is 62.8 Å². The van der Waals surface area contributed by atoms with Gasteiger partial charge in [-0.25, -0.2) is 0 Å². The van der Waals surface area contributed by atoms with Gasteiger partial charge >= 0.3 is 0 Å². The normalized spacial score (nSPS) is 14.5. The Bertz CT molecular complexity index is 123. The van der Waals surface area contributed by atoms with Gasteiger partial charge in [-0.3, -0.25) is 0 Å². The predicted molar refractivity (Wildman–Crippen MR) is 71.0 cm³/mol. The van der Waals surface area contributed by atoms with Gasteiger partial charge in [-0.1, -0.05) is 55.2 Å². The van der Waals surface area contributed by atoms with Crippen LogP contribution in [0.5, 0.6) is 0 Å². The Balaban J connectivity index is 3.35. The van der Waals surface area contributed by atoms with E-state index in [4.69, 9.17) is 4.43 Å². The van der Waals surface area contributed by atoms with Gasteiger partial charge in [0.15, 0.2) is 8.32 Å². The first-order chi connectivity index (χ1) is 5.95. The van der Waals surface area contributed by atoms with Crippen LogP contribution in [0.2, 0.25) is 19.6 Å². The van der Waals surface area contributed by atoms with E-state index in [2.05, 4.69) is 49.2 Å². The third kappa shape index (κ3) is 10.8. The Kier molecular flexibility index (Phi) is 7.74. The molecule has 0 bridgehead atoms. The molecule has 0 aliphatic carbocycles. The lowest BCUT2D eigenvalue weighted by atomic mass is 10.2. The predicted octanol–water partition coefficient (Wildman–Crippen LogP) is 4.57. The molecule has 0 aliphatic rings. The Hall–Kier alpha value is 0.907. The Morgan fingerprint density at radius 1 is 1.15 bits per heavy atom. The van der Waals surface area contributed by atoms with Crippen molar-refractivity contribution < 1.29 is 4.43 Å². The van der Waals surface area contributed by atoms with Crippen LogP contribution in [0.25, 0.3) is 0 Å². The van der Waals surface area contributed by atoms with Gasteiger partial charge in [0.05, 0.1) is 4.11 Å². The van der Waals surface area contributed by atoms with Crippen molar-refractivity contribution in [2.24, 2.45) is 0 Å². The van der Waals surface area contributed by atoms with E-state index in [9.17, 15) is 0 Å². The highest BCUT2D eigenvalue weighted by Crippen LogP contribution is 2.18. The van der Waals surface area contributed by atoms with Crippen LogP contribution >= 0.6 is 22.6 Å². The minimum Gasteiger partial charge on any atom is -0.406 e. The first-order valence-corrected chi connectivity index (χ1v) is 9.93. The number of hydrogen-bond donors (Lipinski definition) is 0. The van der Waals surface area contributed by atoms with E-state index in [1.54, 1.807) is 0 Å². The standard InChI is InChI=1S/C10H23IOSi/c1-5-6-7-8-9-10(11)12-13(2,3)4/h10H,5-9H2,1-4H3. The van der Waals surface area contributed by atoms with Crippen molar-refractivity contribution >= 4 is 30.9 Å². The van der Waals surface area contributed by atoms with Crippen molar-refractivity contribution in [2.75, 3.05) is 0 Å². The number of alkyl halides is 1. The Morgan fingerprint density at radius 3 is 2.23 bits per heavy atom. The molecule has 0 heterocycles. The maximum Gasteiger partial charge on any atom is 0.185 e. The summed E-state index contributed by atoms with van der Waals surface area (Å²) >= 11 is 2.43. The molecule has 1 nitrogen and oxygen atoms in total. The topological polar surface area (TPSA) is 9.23 Å². The van der Waals surface area contributed by atoms with Crippen LogP contribution in [0, 0.1) is 0 Å². The summed E-state index contributed by atoms with van der Waals surface area (Å²) in [5, 5.41) is 0. The van der Waals surface area contributed by atoms with Crippen LogP contribution in [0.3, 0.4) is 0 Å². The van der Waals surface area contributed by atoms with Crippen LogP contribution in [-0.2, 0) is 4.43 Å². The third-order valence-corrected chi connectivity index (χ3v) is 4.11. The smallest absolute Gasteiger partial charge is 0.185 e. The molecule has 0 N–H and O–H groups in total. The molecule has 0 saturated heterocycles. The molecule has 3 heteroatoms. The number of halogens is 1. The molecular formula is C10H23IOSi. The van der Waals surface area contributed by atoms with Crippen LogP contribution in [0.15, 0.2) is 0 Å². The summed E-state index contributed by atoms with van der Waals surface area (Å²) in [7, 11) is -1.30. The monoisotopic (exact) mass is 314 g/mol. The molecule has 0 fully saturated rings. The second-order valence-electron chi connectivity index (χ2n) is 4.49.